The van der Waals surface area contributed by atoms with E-state index in [9.17, 15) is 9.59 Å². The number of amides is 2. The second kappa shape index (κ2) is 4.13. The summed E-state index contributed by atoms with van der Waals surface area (Å²) in [6.07, 6.45) is 0. The molecule has 8 heteroatoms. The highest BCUT2D eigenvalue weighted by Crippen LogP contribution is 2.17. The van der Waals surface area contributed by atoms with E-state index in [2.05, 4.69) is 4.98 Å². The van der Waals surface area contributed by atoms with Crippen LogP contribution in [0.5, 0.6) is 0 Å². The number of rotatable bonds is 2. The number of nitrogen functional groups attached to an aromatic ring is 2. The van der Waals surface area contributed by atoms with Gasteiger partial charge in [0.25, 0.3) is 11.8 Å². The van der Waals surface area contributed by atoms with Crippen LogP contribution in [0.2, 0.25) is 0 Å². The van der Waals surface area contributed by atoms with Gasteiger partial charge in [-0.2, -0.15) is 0 Å². The van der Waals surface area contributed by atoms with Gasteiger partial charge in [0, 0.05) is 0 Å². The molecule has 0 saturated carbocycles. The van der Waals surface area contributed by atoms with Gasteiger partial charge in [-0.05, 0) is 6.92 Å². The average Bonchev–Trinajstić information content (AvgIpc) is 2.58. The van der Waals surface area contributed by atoms with Gasteiger partial charge >= 0.3 is 0 Å². The average molecular weight is 215 g/mol. The van der Waals surface area contributed by atoms with E-state index in [1.165, 1.54) is 0 Å². The molecule has 6 N–H and O–H groups in total. The Bertz CT molecular complexity index is 341. The largest absolute Gasteiger partial charge is 0.289 e. The molecule has 2 amide bonds. The Hall–Kier alpha value is -1.51. The summed E-state index contributed by atoms with van der Waals surface area (Å²) in [5.74, 6) is 8.69. The second-order valence-corrected chi connectivity index (χ2v) is 3.56. The highest BCUT2D eigenvalue weighted by molar-refractivity contribution is 7.14. The molecule has 0 radical (unpaired) electrons. The van der Waals surface area contributed by atoms with Gasteiger partial charge in [-0.3, -0.25) is 20.4 Å². The van der Waals surface area contributed by atoms with Crippen molar-refractivity contribution in [3.8, 4) is 0 Å². The molecular formula is C6H9N5O2S. The topological polar surface area (TPSA) is 123 Å². The molecule has 0 spiro atoms. The van der Waals surface area contributed by atoms with Crippen molar-refractivity contribution in [2.24, 2.45) is 11.7 Å². The van der Waals surface area contributed by atoms with Crippen molar-refractivity contribution in [2.45, 2.75) is 6.92 Å². The maximum Gasteiger partial charge on any atom is 0.285 e. The maximum absolute atomic E-state index is 11.2. The maximum atomic E-state index is 11.2. The third kappa shape index (κ3) is 1.87. The molecule has 0 unspecified atom stereocenters. The lowest BCUT2D eigenvalue weighted by atomic mass is 10.3. The van der Waals surface area contributed by atoms with E-state index in [0.717, 1.165) is 11.3 Å². The Labute approximate surface area is 83.4 Å². The molecule has 1 heterocycles. The predicted octanol–water partition coefficient (Wildman–Crippen LogP) is -1.34. The van der Waals surface area contributed by atoms with Crippen LogP contribution in [0.15, 0.2) is 0 Å². The van der Waals surface area contributed by atoms with Crippen LogP contribution >= 0.6 is 11.3 Å². The molecule has 0 aliphatic carbocycles. The molecule has 76 valence electrons. The van der Waals surface area contributed by atoms with E-state index >= 15 is 0 Å². The number of aryl methyl sites for hydroxylation is 1. The molecule has 0 bridgehead atoms. The minimum absolute atomic E-state index is 0.0158. The van der Waals surface area contributed by atoms with Crippen molar-refractivity contribution in [2.75, 3.05) is 0 Å². The van der Waals surface area contributed by atoms with E-state index in [4.69, 9.17) is 11.7 Å². The van der Waals surface area contributed by atoms with Gasteiger partial charge < -0.3 is 0 Å². The number of thiazole rings is 1. The minimum atomic E-state index is -0.618. The van der Waals surface area contributed by atoms with Crippen LogP contribution in [0, 0.1) is 6.92 Å². The lowest BCUT2D eigenvalue weighted by Gasteiger charge is -1.98. The van der Waals surface area contributed by atoms with Crippen LogP contribution < -0.4 is 22.5 Å². The standard InChI is InChI=1S/C6H9N5O2S/c1-2-9-3(5(12)10-7)4(14-2)6(13)11-8/h7-8H2,1H3,(H,10,12)(H,11,13). The molecule has 7 nitrogen and oxygen atoms in total. The molecular weight excluding hydrogens is 206 g/mol. The Morgan fingerprint density at radius 1 is 1.29 bits per heavy atom. The quantitative estimate of drug-likeness (QED) is 0.276. The van der Waals surface area contributed by atoms with E-state index in [1.807, 2.05) is 10.9 Å². The van der Waals surface area contributed by atoms with Crippen LogP contribution in [0.1, 0.15) is 25.2 Å². The minimum Gasteiger partial charge on any atom is -0.289 e. The molecule has 1 aromatic heterocycles. The fourth-order valence-corrected chi connectivity index (χ4v) is 1.69. The summed E-state index contributed by atoms with van der Waals surface area (Å²) >= 11 is 1.07. The zero-order chi connectivity index (χ0) is 10.7. The van der Waals surface area contributed by atoms with Gasteiger partial charge in [0.05, 0.1) is 5.01 Å². The van der Waals surface area contributed by atoms with E-state index in [0.29, 0.717) is 5.01 Å². The predicted molar refractivity (Wildman–Crippen MR) is 50.2 cm³/mol. The molecule has 0 aliphatic rings. The Morgan fingerprint density at radius 3 is 2.36 bits per heavy atom. The number of nitrogens with two attached hydrogens (primary N) is 2. The van der Waals surface area contributed by atoms with Crippen LogP contribution in [0.3, 0.4) is 0 Å². The van der Waals surface area contributed by atoms with Crippen LogP contribution in [0.25, 0.3) is 0 Å². The number of hydrogen-bond acceptors (Lipinski definition) is 6. The number of nitrogens with one attached hydrogen (secondary N) is 2. The fourth-order valence-electron chi connectivity index (χ4n) is 0.869. The zero-order valence-corrected chi connectivity index (χ0v) is 8.14. The summed E-state index contributed by atoms with van der Waals surface area (Å²) in [6, 6.07) is 0. The van der Waals surface area contributed by atoms with Crippen molar-refractivity contribution in [3.05, 3.63) is 15.6 Å². The van der Waals surface area contributed by atoms with Gasteiger partial charge in [0.1, 0.15) is 4.88 Å². The van der Waals surface area contributed by atoms with Gasteiger partial charge in [-0.25, -0.2) is 16.7 Å². The number of aromatic nitrogens is 1. The molecule has 0 aliphatic heterocycles. The van der Waals surface area contributed by atoms with Crippen LogP contribution in [0.4, 0.5) is 0 Å². The zero-order valence-electron chi connectivity index (χ0n) is 7.33. The van der Waals surface area contributed by atoms with Crippen LogP contribution in [-0.2, 0) is 0 Å². The molecule has 0 atom stereocenters. The lowest BCUT2D eigenvalue weighted by Crippen LogP contribution is -2.34. The fraction of sp³-hybridized carbons (Fsp3) is 0.167. The highest BCUT2D eigenvalue weighted by Gasteiger charge is 2.20. The Balaban J connectivity index is 3.15. The van der Waals surface area contributed by atoms with Crippen molar-refractivity contribution in [1.29, 1.82) is 0 Å². The SMILES string of the molecule is Cc1nc(C(=O)NN)c(C(=O)NN)s1. The first-order chi connectivity index (χ1) is 6.60. The summed E-state index contributed by atoms with van der Waals surface area (Å²) in [5.41, 5.74) is 3.81. The molecule has 0 aromatic carbocycles. The molecule has 14 heavy (non-hydrogen) atoms. The Kier molecular flexibility index (Phi) is 3.12. The monoisotopic (exact) mass is 215 g/mol. The van der Waals surface area contributed by atoms with Crippen LogP contribution in [-0.4, -0.2) is 16.8 Å². The molecule has 0 fully saturated rings. The summed E-state index contributed by atoms with van der Waals surface area (Å²) in [4.78, 5) is 26.3. The van der Waals surface area contributed by atoms with Gasteiger partial charge in [0.2, 0.25) is 0 Å². The first-order valence-electron chi connectivity index (χ1n) is 3.59. The molecule has 1 aromatic rings. The number of hydrogen-bond donors (Lipinski definition) is 4. The number of carbonyl (C=O) groups is 2. The summed E-state index contributed by atoms with van der Waals surface area (Å²) < 4.78 is 0. The van der Waals surface area contributed by atoms with E-state index < -0.39 is 11.8 Å². The van der Waals surface area contributed by atoms with Crippen molar-refractivity contribution in [3.63, 3.8) is 0 Å². The van der Waals surface area contributed by atoms with Crippen molar-refractivity contribution >= 4 is 23.2 Å². The van der Waals surface area contributed by atoms with Gasteiger partial charge in [-0.15, -0.1) is 11.3 Å². The van der Waals surface area contributed by atoms with Crippen molar-refractivity contribution in [1.82, 2.24) is 15.8 Å². The van der Waals surface area contributed by atoms with Gasteiger partial charge in [0.15, 0.2) is 5.69 Å². The molecule has 0 saturated heterocycles. The second-order valence-electron chi connectivity index (χ2n) is 2.36. The highest BCUT2D eigenvalue weighted by atomic mass is 32.1. The third-order valence-electron chi connectivity index (χ3n) is 1.42. The molecule has 1 rings (SSSR count). The van der Waals surface area contributed by atoms with Gasteiger partial charge in [-0.1, -0.05) is 0 Å². The Morgan fingerprint density at radius 2 is 1.86 bits per heavy atom. The summed E-state index contributed by atoms with van der Waals surface area (Å²) in [5, 5.41) is 0.585. The lowest BCUT2D eigenvalue weighted by molar-refractivity contribution is 0.0919. The summed E-state index contributed by atoms with van der Waals surface area (Å²) in [6.45, 7) is 1.67. The van der Waals surface area contributed by atoms with E-state index in [1.54, 1.807) is 6.92 Å². The normalized spacial score (nSPS) is 9.64. The third-order valence-corrected chi connectivity index (χ3v) is 2.39. The van der Waals surface area contributed by atoms with E-state index in [-0.39, 0.29) is 10.6 Å². The number of nitrogens with zero attached hydrogens (tertiary/aromatic N) is 1. The first kappa shape index (κ1) is 10.6. The smallest absolute Gasteiger partial charge is 0.285 e. The number of carbonyl (C=O) groups excluding carboxylic acids is 2. The van der Waals surface area contributed by atoms with Crippen molar-refractivity contribution < 1.29 is 9.59 Å². The number of hydrazine groups is 2. The summed E-state index contributed by atoms with van der Waals surface area (Å²) in [7, 11) is 0. The first-order valence-corrected chi connectivity index (χ1v) is 4.41.